The highest BCUT2D eigenvalue weighted by Crippen LogP contribution is 2.34. The number of halogens is 3. The fraction of sp³-hybridized carbons (Fsp3) is 0.429. The van der Waals surface area contributed by atoms with Crippen molar-refractivity contribution in [2.45, 2.75) is 24.9 Å². The summed E-state index contributed by atoms with van der Waals surface area (Å²) >= 11 is 1.58. The molecule has 0 radical (unpaired) electrons. The number of para-hydroxylation sites is 1. The van der Waals surface area contributed by atoms with Gasteiger partial charge in [-0.2, -0.15) is 13.2 Å². The molecule has 3 nitrogen and oxygen atoms in total. The first-order valence-electron chi connectivity index (χ1n) is 6.67. The van der Waals surface area contributed by atoms with Crippen LogP contribution in [0.5, 0.6) is 0 Å². The number of hydrogen-bond acceptors (Lipinski definition) is 3. The van der Waals surface area contributed by atoms with Crippen molar-refractivity contribution in [1.82, 2.24) is 9.88 Å². The Labute approximate surface area is 123 Å². The van der Waals surface area contributed by atoms with Crippen LogP contribution in [-0.4, -0.2) is 35.1 Å². The minimum atomic E-state index is -4.78. The van der Waals surface area contributed by atoms with Crippen molar-refractivity contribution < 1.29 is 18.0 Å². The van der Waals surface area contributed by atoms with Crippen LogP contribution in [0, 0.1) is 0 Å². The molecule has 1 saturated heterocycles. The van der Waals surface area contributed by atoms with Gasteiger partial charge in [-0.05, 0) is 25.0 Å². The summed E-state index contributed by atoms with van der Waals surface area (Å²) in [5.41, 5.74) is 0.922. The number of carbonyl (C=O) groups is 1. The third-order valence-corrected chi connectivity index (χ3v) is 4.88. The fourth-order valence-corrected chi connectivity index (χ4v) is 3.71. The number of carbonyl (C=O) groups excluding carboxylic acids is 1. The van der Waals surface area contributed by atoms with Gasteiger partial charge in [-0.3, -0.25) is 4.79 Å². The number of alkyl halides is 3. The average Bonchev–Trinajstić information content (AvgIpc) is 2.89. The van der Waals surface area contributed by atoms with Gasteiger partial charge in [0.25, 0.3) is 0 Å². The van der Waals surface area contributed by atoms with Gasteiger partial charge >= 0.3 is 12.1 Å². The van der Waals surface area contributed by atoms with E-state index in [0.717, 1.165) is 20.1 Å². The summed E-state index contributed by atoms with van der Waals surface area (Å²) in [6, 6.07) is 7.77. The molecular weight excluding hydrogens is 301 g/mol. The van der Waals surface area contributed by atoms with Gasteiger partial charge in [0, 0.05) is 19.0 Å². The zero-order valence-corrected chi connectivity index (χ0v) is 11.9. The standard InChI is InChI=1S/C14H13F3N2OS/c15-14(16,17)13(20)19-7-5-9(6-8-19)12-18-10-3-1-2-4-11(10)21-12/h1-4,9H,5-8H2. The van der Waals surface area contributed by atoms with Crippen LogP contribution in [0.1, 0.15) is 23.8 Å². The summed E-state index contributed by atoms with van der Waals surface area (Å²) in [5, 5.41) is 0.954. The summed E-state index contributed by atoms with van der Waals surface area (Å²) in [6.45, 7) is 0.276. The van der Waals surface area contributed by atoms with Crippen molar-refractivity contribution in [2.24, 2.45) is 0 Å². The molecule has 0 aliphatic carbocycles. The summed E-state index contributed by atoms with van der Waals surface area (Å²) in [6.07, 6.45) is -3.72. The Morgan fingerprint density at radius 2 is 1.90 bits per heavy atom. The lowest BCUT2D eigenvalue weighted by atomic mass is 9.97. The number of likely N-dealkylation sites (tertiary alicyclic amines) is 1. The van der Waals surface area contributed by atoms with Gasteiger partial charge in [0.15, 0.2) is 0 Å². The molecule has 1 aromatic heterocycles. The van der Waals surface area contributed by atoms with E-state index in [1.54, 1.807) is 11.3 Å². The highest BCUT2D eigenvalue weighted by atomic mass is 32.1. The van der Waals surface area contributed by atoms with Crippen LogP contribution in [0.2, 0.25) is 0 Å². The predicted octanol–water partition coefficient (Wildman–Crippen LogP) is 3.56. The van der Waals surface area contributed by atoms with E-state index in [1.165, 1.54) is 0 Å². The number of aromatic nitrogens is 1. The summed E-state index contributed by atoms with van der Waals surface area (Å²) in [5.74, 6) is -1.59. The smallest absolute Gasteiger partial charge is 0.335 e. The Hall–Kier alpha value is -1.63. The number of rotatable bonds is 1. The average molecular weight is 314 g/mol. The van der Waals surface area contributed by atoms with E-state index < -0.39 is 12.1 Å². The maximum absolute atomic E-state index is 12.4. The third-order valence-electron chi connectivity index (χ3n) is 3.68. The Bertz CT molecular complexity index is 627. The van der Waals surface area contributed by atoms with E-state index in [2.05, 4.69) is 4.98 Å². The van der Waals surface area contributed by atoms with Crippen molar-refractivity contribution in [3.05, 3.63) is 29.3 Å². The minimum Gasteiger partial charge on any atom is -0.335 e. The maximum atomic E-state index is 12.4. The predicted molar refractivity (Wildman–Crippen MR) is 74.2 cm³/mol. The van der Waals surface area contributed by atoms with Crippen LogP contribution in [0.3, 0.4) is 0 Å². The minimum absolute atomic E-state index is 0.138. The Kier molecular flexibility index (Phi) is 3.61. The van der Waals surface area contributed by atoms with Crippen molar-refractivity contribution in [3.8, 4) is 0 Å². The number of hydrogen-bond donors (Lipinski definition) is 0. The molecular formula is C14H13F3N2OS. The third kappa shape index (κ3) is 2.88. The van der Waals surface area contributed by atoms with Gasteiger partial charge in [0.05, 0.1) is 15.2 Å². The molecule has 0 saturated carbocycles. The summed E-state index contributed by atoms with van der Waals surface area (Å²) in [4.78, 5) is 16.6. The maximum Gasteiger partial charge on any atom is 0.471 e. The van der Waals surface area contributed by atoms with Gasteiger partial charge in [-0.1, -0.05) is 12.1 Å². The second-order valence-electron chi connectivity index (χ2n) is 5.08. The number of fused-ring (bicyclic) bond motifs is 1. The van der Waals surface area contributed by atoms with Crippen LogP contribution in [-0.2, 0) is 4.79 Å². The van der Waals surface area contributed by atoms with Gasteiger partial charge in [-0.15, -0.1) is 11.3 Å². The first-order valence-corrected chi connectivity index (χ1v) is 7.48. The fourth-order valence-electron chi connectivity index (χ4n) is 2.57. The highest BCUT2D eigenvalue weighted by Gasteiger charge is 2.43. The molecule has 0 atom stereocenters. The molecule has 2 aromatic rings. The molecule has 0 N–H and O–H groups in total. The van der Waals surface area contributed by atoms with Crippen LogP contribution < -0.4 is 0 Å². The van der Waals surface area contributed by atoms with E-state index in [9.17, 15) is 18.0 Å². The zero-order valence-electron chi connectivity index (χ0n) is 11.1. The monoisotopic (exact) mass is 314 g/mol. The van der Waals surface area contributed by atoms with E-state index in [-0.39, 0.29) is 19.0 Å². The molecule has 1 aliphatic heterocycles. The lowest BCUT2D eigenvalue weighted by Gasteiger charge is -2.31. The van der Waals surface area contributed by atoms with Crippen molar-refractivity contribution >= 4 is 27.5 Å². The molecule has 1 fully saturated rings. The van der Waals surface area contributed by atoms with Gasteiger partial charge < -0.3 is 4.90 Å². The Balaban J connectivity index is 1.69. The van der Waals surface area contributed by atoms with Crippen molar-refractivity contribution in [3.63, 3.8) is 0 Å². The van der Waals surface area contributed by atoms with E-state index in [4.69, 9.17) is 0 Å². The number of amides is 1. The van der Waals surface area contributed by atoms with Crippen LogP contribution in [0.4, 0.5) is 13.2 Å². The van der Waals surface area contributed by atoms with E-state index in [0.29, 0.717) is 12.8 Å². The zero-order chi connectivity index (χ0) is 15.0. The normalized spacial score (nSPS) is 17.4. The molecule has 3 rings (SSSR count). The topological polar surface area (TPSA) is 33.2 Å². The molecule has 112 valence electrons. The number of thiazole rings is 1. The molecule has 7 heteroatoms. The Morgan fingerprint density at radius 1 is 1.24 bits per heavy atom. The number of benzene rings is 1. The van der Waals surface area contributed by atoms with E-state index in [1.807, 2.05) is 24.3 Å². The van der Waals surface area contributed by atoms with Gasteiger partial charge in [-0.25, -0.2) is 4.98 Å². The van der Waals surface area contributed by atoms with Crippen LogP contribution in [0.25, 0.3) is 10.2 Å². The molecule has 21 heavy (non-hydrogen) atoms. The van der Waals surface area contributed by atoms with E-state index >= 15 is 0 Å². The first kappa shape index (κ1) is 14.3. The molecule has 1 amide bonds. The van der Waals surface area contributed by atoms with Gasteiger partial charge in [0.1, 0.15) is 0 Å². The summed E-state index contributed by atoms with van der Waals surface area (Å²) < 4.78 is 38.3. The summed E-state index contributed by atoms with van der Waals surface area (Å²) in [7, 11) is 0. The lowest BCUT2D eigenvalue weighted by molar-refractivity contribution is -0.186. The largest absolute Gasteiger partial charge is 0.471 e. The Morgan fingerprint density at radius 3 is 2.52 bits per heavy atom. The molecule has 0 bridgehead atoms. The van der Waals surface area contributed by atoms with Crippen LogP contribution >= 0.6 is 11.3 Å². The molecule has 1 aromatic carbocycles. The second-order valence-corrected chi connectivity index (χ2v) is 6.15. The number of piperidine rings is 1. The SMILES string of the molecule is O=C(N1CCC(c2nc3ccccc3s2)CC1)C(F)(F)F. The second kappa shape index (κ2) is 5.29. The lowest BCUT2D eigenvalue weighted by Crippen LogP contribution is -2.45. The van der Waals surface area contributed by atoms with Gasteiger partial charge in [0.2, 0.25) is 0 Å². The highest BCUT2D eigenvalue weighted by molar-refractivity contribution is 7.18. The molecule has 1 aliphatic rings. The first-order chi connectivity index (χ1) is 9.95. The van der Waals surface area contributed by atoms with Crippen molar-refractivity contribution in [1.29, 1.82) is 0 Å². The molecule has 0 spiro atoms. The number of nitrogens with zero attached hydrogens (tertiary/aromatic N) is 2. The molecule has 0 unspecified atom stereocenters. The quantitative estimate of drug-likeness (QED) is 0.806. The van der Waals surface area contributed by atoms with Crippen molar-refractivity contribution in [2.75, 3.05) is 13.1 Å². The molecule has 2 heterocycles. The van der Waals surface area contributed by atoms with Crippen LogP contribution in [0.15, 0.2) is 24.3 Å².